The SMILES string of the molecule is CCNC(=O)C1CNCCN1C(=O)c1ccno1. The second kappa shape index (κ2) is 5.63. The predicted octanol–water partition coefficient (Wildman–Crippen LogP) is -0.775. The van der Waals surface area contributed by atoms with E-state index >= 15 is 0 Å². The van der Waals surface area contributed by atoms with Gasteiger partial charge < -0.3 is 20.1 Å². The standard InChI is InChI=1S/C11H16N4O3/c1-2-13-10(16)8-7-12-5-6-15(8)11(17)9-3-4-14-18-9/h3-4,8,12H,2,5-7H2,1H3,(H,13,16). The van der Waals surface area contributed by atoms with Gasteiger partial charge in [-0.25, -0.2) is 0 Å². The summed E-state index contributed by atoms with van der Waals surface area (Å²) < 4.78 is 4.84. The monoisotopic (exact) mass is 252 g/mol. The van der Waals surface area contributed by atoms with E-state index in [1.807, 2.05) is 6.92 Å². The van der Waals surface area contributed by atoms with Crippen LogP contribution in [0.4, 0.5) is 0 Å². The van der Waals surface area contributed by atoms with Gasteiger partial charge in [0.15, 0.2) is 0 Å². The van der Waals surface area contributed by atoms with Crippen LogP contribution >= 0.6 is 0 Å². The van der Waals surface area contributed by atoms with Gasteiger partial charge >= 0.3 is 0 Å². The molecule has 1 aromatic heterocycles. The lowest BCUT2D eigenvalue weighted by Gasteiger charge is -2.34. The molecule has 2 heterocycles. The fourth-order valence-electron chi connectivity index (χ4n) is 1.94. The third kappa shape index (κ3) is 2.51. The molecular weight excluding hydrogens is 236 g/mol. The minimum Gasteiger partial charge on any atom is -0.355 e. The van der Waals surface area contributed by atoms with Crippen molar-refractivity contribution in [3.8, 4) is 0 Å². The number of likely N-dealkylation sites (N-methyl/N-ethyl adjacent to an activating group) is 1. The van der Waals surface area contributed by atoms with Crippen LogP contribution in [0.25, 0.3) is 0 Å². The number of rotatable bonds is 3. The summed E-state index contributed by atoms with van der Waals surface area (Å²) in [6, 6.07) is 0.996. The Bertz CT molecular complexity index is 418. The maximum atomic E-state index is 12.2. The highest BCUT2D eigenvalue weighted by molar-refractivity contribution is 5.95. The molecule has 1 unspecified atom stereocenters. The summed E-state index contributed by atoms with van der Waals surface area (Å²) in [6.07, 6.45) is 1.41. The summed E-state index contributed by atoms with van der Waals surface area (Å²) in [7, 11) is 0. The lowest BCUT2D eigenvalue weighted by molar-refractivity contribution is -0.126. The third-order valence-corrected chi connectivity index (χ3v) is 2.81. The first kappa shape index (κ1) is 12.6. The second-order valence-electron chi connectivity index (χ2n) is 3.99. The maximum Gasteiger partial charge on any atom is 0.293 e. The Balaban J connectivity index is 2.12. The topological polar surface area (TPSA) is 87.5 Å². The normalized spacial score (nSPS) is 19.6. The first-order chi connectivity index (χ1) is 8.74. The molecule has 1 aromatic rings. The highest BCUT2D eigenvalue weighted by Gasteiger charge is 2.33. The maximum absolute atomic E-state index is 12.2. The van der Waals surface area contributed by atoms with E-state index in [-0.39, 0.29) is 17.6 Å². The van der Waals surface area contributed by atoms with Gasteiger partial charge in [0.05, 0.1) is 6.20 Å². The molecule has 0 saturated carbocycles. The van der Waals surface area contributed by atoms with Crippen molar-refractivity contribution < 1.29 is 14.1 Å². The van der Waals surface area contributed by atoms with E-state index < -0.39 is 6.04 Å². The molecular formula is C11H16N4O3. The molecule has 18 heavy (non-hydrogen) atoms. The van der Waals surface area contributed by atoms with Crippen LogP contribution in [0, 0.1) is 0 Å². The van der Waals surface area contributed by atoms with Gasteiger partial charge in [-0.3, -0.25) is 9.59 Å². The quantitative estimate of drug-likeness (QED) is 0.737. The molecule has 2 rings (SSSR count). The number of amides is 2. The molecule has 0 aliphatic carbocycles. The second-order valence-corrected chi connectivity index (χ2v) is 3.99. The van der Waals surface area contributed by atoms with E-state index in [1.165, 1.54) is 17.2 Å². The van der Waals surface area contributed by atoms with Crippen LogP contribution in [0.15, 0.2) is 16.8 Å². The number of nitrogens with zero attached hydrogens (tertiary/aromatic N) is 2. The smallest absolute Gasteiger partial charge is 0.293 e. The fraction of sp³-hybridized carbons (Fsp3) is 0.545. The lowest BCUT2D eigenvalue weighted by Crippen LogP contribution is -2.59. The van der Waals surface area contributed by atoms with Crippen molar-refractivity contribution in [1.82, 2.24) is 20.7 Å². The van der Waals surface area contributed by atoms with Crippen molar-refractivity contribution in [1.29, 1.82) is 0 Å². The predicted molar refractivity (Wildman–Crippen MR) is 62.9 cm³/mol. The van der Waals surface area contributed by atoms with Crippen molar-refractivity contribution in [2.75, 3.05) is 26.2 Å². The van der Waals surface area contributed by atoms with E-state index in [9.17, 15) is 9.59 Å². The summed E-state index contributed by atoms with van der Waals surface area (Å²) >= 11 is 0. The van der Waals surface area contributed by atoms with Crippen LogP contribution in [0.2, 0.25) is 0 Å². The summed E-state index contributed by atoms with van der Waals surface area (Å²) in [5, 5.41) is 9.34. The Kier molecular flexibility index (Phi) is 3.93. The van der Waals surface area contributed by atoms with Crippen molar-refractivity contribution in [3.63, 3.8) is 0 Å². The molecule has 98 valence electrons. The number of hydrogen-bond donors (Lipinski definition) is 2. The molecule has 1 aliphatic rings. The highest BCUT2D eigenvalue weighted by atomic mass is 16.5. The zero-order valence-electron chi connectivity index (χ0n) is 10.2. The van der Waals surface area contributed by atoms with Gasteiger partial charge in [-0.15, -0.1) is 0 Å². The van der Waals surface area contributed by atoms with Crippen molar-refractivity contribution >= 4 is 11.8 Å². The third-order valence-electron chi connectivity index (χ3n) is 2.81. The minimum absolute atomic E-state index is 0.155. The molecule has 1 atom stereocenters. The Morgan fingerprint density at radius 3 is 3.17 bits per heavy atom. The van der Waals surface area contributed by atoms with Crippen LogP contribution < -0.4 is 10.6 Å². The average molecular weight is 252 g/mol. The zero-order valence-corrected chi connectivity index (χ0v) is 10.2. The van der Waals surface area contributed by atoms with Gasteiger partial charge in [0.25, 0.3) is 5.91 Å². The molecule has 0 bridgehead atoms. The number of nitrogens with one attached hydrogen (secondary N) is 2. The minimum atomic E-state index is -0.503. The molecule has 1 saturated heterocycles. The van der Waals surface area contributed by atoms with Crippen molar-refractivity contribution in [2.45, 2.75) is 13.0 Å². The number of piperazine rings is 1. The average Bonchev–Trinajstić information content (AvgIpc) is 2.92. The van der Waals surface area contributed by atoms with E-state index in [0.29, 0.717) is 26.2 Å². The number of carbonyl (C=O) groups excluding carboxylic acids is 2. The van der Waals surface area contributed by atoms with Gasteiger partial charge in [-0.1, -0.05) is 5.16 Å². The van der Waals surface area contributed by atoms with Crippen LogP contribution in [0.5, 0.6) is 0 Å². The van der Waals surface area contributed by atoms with Crippen LogP contribution in [-0.2, 0) is 4.79 Å². The largest absolute Gasteiger partial charge is 0.355 e. The Morgan fingerprint density at radius 1 is 1.67 bits per heavy atom. The zero-order chi connectivity index (χ0) is 13.0. The molecule has 0 radical (unpaired) electrons. The van der Waals surface area contributed by atoms with E-state index in [2.05, 4.69) is 15.8 Å². The van der Waals surface area contributed by atoms with Gasteiger partial charge in [0.1, 0.15) is 6.04 Å². The fourth-order valence-corrected chi connectivity index (χ4v) is 1.94. The Hall–Kier alpha value is -1.89. The molecule has 7 nitrogen and oxygen atoms in total. The van der Waals surface area contributed by atoms with Crippen LogP contribution in [0.3, 0.4) is 0 Å². The summed E-state index contributed by atoms with van der Waals surface area (Å²) in [4.78, 5) is 25.6. The molecule has 0 spiro atoms. The van der Waals surface area contributed by atoms with Gasteiger partial charge in [0, 0.05) is 32.2 Å². The summed E-state index contributed by atoms with van der Waals surface area (Å²) in [5.74, 6) is -0.297. The molecule has 2 N–H and O–H groups in total. The van der Waals surface area contributed by atoms with Gasteiger partial charge in [0.2, 0.25) is 11.7 Å². The molecule has 1 fully saturated rings. The first-order valence-electron chi connectivity index (χ1n) is 5.94. The number of hydrogen-bond acceptors (Lipinski definition) is 5. The van der Waals surface area contributed by atoms with Crippen LogP contribution in [0.1, 0.15) is 17.5 Å². The Labute approximate surface area is 104 Å². The molecule has 1 aliphatic heterocycles. The van der Waals surface area contributed by atoms with E-state index in [0.717, 1.165) is 0 Å². The molecule has 7 heteroatoms. The number of aromatic nitrogens is 1. The van der Waals surface area contributed by atoms with Gasteiger partial charge in [-0.05, 0) is 6.92 Å². The van der Waals surface area contributed by atoms with Crippen LogP contribution in [-0.4, -0.2) is 54.1 Å². The van der Waals surface area contributed by atoms with Crippen molar-refractivity contribution in [3.05, 3.63) is 18.0 Å². The van der Waals surface area contributed by atoms with Crippen molar-refractivity contribution in [2.24, 2.45) is 0 Å². The molecule has 0 aromatic carbocycles. The van der Waals surface area contributed by atoms with E-state index in [1.54, 1.807) is 0 Å². The summed E-state index contributed by atoms with van der Waals surface area (Å²) in [6.45, 7) is 3.97. The van der Waals surface area contributed by atoms with E-state index in [4.69, 9.17) is 4.52 Å². The summed E-state index contributed by atoms with van der Waals surface area (Å²) in [5.41, 5.74) is 0. The van der Waals surface area contributed by atoms with Gasteiger partial charge in [-0.2, -0.15) is 0 Å². The molecule has 2 amide bonds. The lowest BCUT2D eigenvalue weighted by atomic mass is 10.1. The Morgan fingerprint density at radius 2 is 2.50 bits per heavy atom. The first-order valence-corrected chi connectivity index (χ1v) is 5.94. The highest BCUT2D eigenvalue weighted by Crippen LogP contribution is 2.10. The number of carbonyl (C=O) groups is 2.